The van der Waals surface area contributed by atoms with Crippen LogP contribution in [-0.4, -0.2) is 43.3 Å². The van der Waals surface area contributed by atoms with Gasteiger partial charge in [0.25, 0.3) is 11.8 Å². The molecule has 4 heterocycles. The van der Waals surface area contributed by atoms with Crippen molar-refractivity contribution in [2.75, 3.05) is 13.1 Å². The second-order valence-corrected chi connectivity index (χ2v) is 14.0. The van der Waals surface area contributed by atoms with Crippen molar-refractivity contribution < 1.29 is 18.4 Å². The van der Waals surface area contributed by atoms with Gasteiger partial charge in [-0.3, -0.25) is 19.4 Å². The molecule has 0 unspecified atom stereocenters. The second kappa shape index (κ2) is 16.6. The Kier molecular flexibility index (Phi) is 13.0. The first-order valence-corrected chi connectivity index (χ1v) is 17.6. The van der Waals surface area contributed by atoms with Crippen molar-refractivity contribution in [3.05, 3.63) is 45.6 Å². The fraction of sp³-hybridized carbons (Fsp3) is 0.500. The number of carbonyl (C=O) groups excluding carboxylic acids is 2. The highest BCUT2D eigenvalue weighted by molar-refractivity contribution is 8.27. The Morgan fingerprint density at radius 1 is 0.619 bits per heavy atom. The Morgan fingerprint density at radius 2 is 1.00 bits per heavy atom. The number of unbranched alkanes of at least 4 members (excludes halogenated alkanes) is 10. The Morgan fingerprint density at radius 3 is 1.40 bits per heavy atom. The summed E-state index contributed by atoms with van der Waals surface area (Å²) in [7, 11) is 0. The van der Waals surface area contributed by atoms with Crippen LogP contribution in [0.4, 0.5) is 0 Å². The summed E-state index contributed by atoms with van der Waals surface area (Å²) in [5, 5.41) is 0. The van der Waals surface area contributed by atoms with Crippen LogP contribution in [0.15, 0.2) is 42.9 Å². The first-order valence-electron chi connectivity index (χ1n) is 15.1. The highest BCUT2D eigenvalue weighted by Crippen LogP contribution is 2.36. The van der Waals surface area contributed by atoms with Crippen LogP contribution in [-0.2, 0) is 9.59 Å². The van der Waals surface area contributed by atoms with E-state index in [4.69, 9.17) is 33.3 Å². The fourth-order valence-corrected chi connectivity index (χ4v) is 7.45. The molecule has 4 rings (SSSR count). The monoisotopic (exact) mass is 644 g/mol. The molecule has 2 fully saturated rings. The molecule has 226 valence electrons. The molecule has 2 saturated heterocycles. The maximum atomic E-state index is 13.0. The van der Waals surface area contributed by atoms with E-state index < -0.39 is 0 Å². The maximum Gasteiger partial charge on any atom is 0.266 e. The van der Waals surface area contributed by atoms with Gasteiger partial charge in [-0.15, -0.1) is 0 Å². The highest BCUT2D eigenvalue weighted by Gasteiger charge is 2.33. The van der Waals surface area contributed by atoms with Gasteiger partial charge in [0.1, 0.15) is 20.2 Å². The van der Waals surface area contributed by atoms with E-state index in [0.29, 0.717) is 54.6 Å². The van der Waals surface area contributed by atoms with Crippen molar-refractivity contribution in [2.45, 2.75) is 90.9 Å². The molecule has 0 saturated carbocycles. The molecule has 10 heteroatoms. The van der Waals surface area contributed by atoms with Gasteiger partial charge in [-0.2, -0.15) is 0 Å². The van der Waals surface area contributed by atoms with Crippen LogP contribution in [0, 0.1) is 0 Å². The Labute approximate surface area is 268 Å². The number of carbonyl (C=O) groups is 2. The van der Waals surface area contributed by atoms with Crippen molar-refractivity contribution in [1.82, 2.24) is 9.80 Å². The molecule has 2 aromatic rings. The number of amides is 2. The van der Waals surface area contributed by atoms with Gasteiger partial charge < -0.3 is 8.83 Å². The highest BCUT2D eigenvalue weighted by atomic mass is 32.2. The van der Waals surface area contributed by atoms with E-state index in [-0.39, 0.29) is 11.8 Å². The van der Waals surface area contributed by atoms with E-state index in [9.17, 15) is 9.59 Å². The molecule has 0 bridgehead atoms. The summed E-state index contributed by atoms with van der Waals surface area (Å²) in [6.07, 6.45) is 17.4. The molecule has 0 N–H and O–H groups in total. The predicted octanol–water partition coefficient (Wildman–Crippen LogP) is 9.66. The molecule has 0 aromatic carbocycles. The predicted molar refractivity (Wildman–Crippen MR) is 183 cm³/mol. The lowest BCUT2D eigenvalue weighted by Gasteiger charge is -2.13. The second-order valence-electron chi connectivity index (χ2n) is 10.6. The average molecular weight is 645 g/mol. The molecule has 0 atom stereocenters. The van der Waals surface area contributed by atoms with Crippen molar-refractivity contribution in [3.8, 4) is 11.5 Å². The van der Waals surface area contributed by atoms with Crippen molar-refractivity contribution in [3.63, 3.8) is 0 Å². The number of thioether (sulfide) groups is 2. The first-order chi connectivity index (χ1) is 20.4. The first kappa shape index (κ1) is 32.8. The van der Waals surface area contributed by atoms with Gasteiger partial charge in [0.2, 0.25) is 0 Å². The minimum Gasteiger partial charge on any atom is -0.453 e. The van der Waals surface area contributed by atoms with Crippen molar-refractivity contribution in [2.24, 2.45) is 0 Å². The third-order valence-corrected chi connectivity index (χ3v) is 10.0. The van der Waals surface area contributed by atoms with Crippen LogP contribution in [0.2, 0.25) is 0 Å². The number of rotatable bonds is 17. The summed E-state index contributed by atoms with van der Waals surface area (Å²) >= 11 is 13.6. The molecule has 2 aliphatic rings. The fourth-order valence-electron chi connectivity index (χ4n) is 4.87. The van der Waals surface area contributed by atoms with Gasteiger partial charge in [0.05, 0.1) is 9.81 Å². The summed E-state index contributed by atoms with van der Waals surface area (Å²) in [5.41, 5.74) is 0. The minimum absolute atomic E-state index is 0.0643. The quantitative estimate of drug-likeness (QED) is 0.0958. The Bertz CT molecular complexity index is 1230. The van der Waals surface area contributed by atoms with Gasteiger partial charge in [-0.05, 0) is 37.1 Å². The van der Waals surface area contributed by atoms with E-state index >= 15 is 0 Å². The molecule has 0 spiro atoms. The van der Waals surface area contributed by atoms with Crippen LogP contribution >= 0.6 is 48.0 Å². The van der Waals surface area contributed by atoms with Gasteiger partial charge in [0, 0.05) is 25.2 Å². The molecule has 6 nitrogen and oxygen atoms in total. The zero-order valence-electron chi connectivity index (χ0n) is 24.5. The summed E-state index contributed by atoms with van der Waals surface area (Å²) < 4.78 is 13.2. The van der Waals surface area contributed by atoms with Crippen molar-refractivity contribution in [1.29, 1.82) is 0 Å². The van der Waals surface area contributed by atoms with Gasteiger partial charge in [-0.1, -0.05) is 126 Å². The summed E-state index contributed by atoms with van der Waals surface area (Å²) in [4.78, 5) is 30.4. The number of nitrogens with zero attached hydrogens (tertiary/aromatic N) is 2. The molecular formula is C32H40N2O4S4. The van der Waals surface area contributed by atoms with E-state index in [1.807, 2.05) is 24.3 Å². The molecular weight excluding hydrogens is 605 g/mol. The summed E-state index contributed by atoms with van der Waals surface area (Å²) in [5.74, 6) is 2.06. The van der Waals surface area contributed by atoms with Crippen LogP contribution < -0.4 is 0 Å². The topological polar surface area (TPSA) is 66.9 Å². The number of thiocarbonyl (C=S) groups is 2. The van der Waals surface area contributed by atoms with E-state index in [1.54, 1.807) is 22.0 Å². The van der Waals surface area contributed by atoms with Gasteiger partial charge >= 0.3 is 0 Å². The third-order valence-electron chi connectivity index (χ3n) is 7.26. The zero-order chi connectivity index (χ0) is 29.9. The lowest BCUT2D eigenvalue weighted by molar-refractivity contribution is -0.123. The molecule has 0 radical (unpaired) electrons. The molecule has 2 amide bonds. The lowest BCUT2D eigenvalue weighted by atomic mass is 10.1. The van der Waals surface area contributed by atoms with E-state index in [2.05, 4.69) is 13.8 Å². The Balaban J connectivity index is 1.31. The van der Waals surface area contributed by atoms with Crippen LogP contribution in [0.1, 0.15) is 102 Å². The van der Waals surface area contributed by atoms with E-state index in [0.717, 1.165) is 25.7 Å². The standard InChI is InChI=1S/C32H40N2O4S4/c1-3-5-7-9-11-13-19-33-29(35)27(41-31(33)39)21-23-15-17-25(37-23)26-18-16-24(38-26)22-28-30(36)34(32(40)42-28)20-14-12-10-8-6-4-2/h15-18,21-22H,3-14,19-20H2,1-2H3/b27-21-,28-22-. The zero-order valence-corrected chi connectivity index (χ0v) is 27.8. The van der Waals surface area contributed by atoms with Gasteiger partial charge in [0.15, 0.2) is 11.5 Å². The summed E-state index contributed by atoms with van der Waals surface area (Å²) in [6.45, 7) is 5.73. The van der Waals surface area contributed by atoms with Crippen LogP contribution in [0.25, 0.3) is 23.7 Å². The molecule has 2 aliphatic heterocycles. The van der Waals surface area contributed by atoms with Crippen LogP contribution in [0.3, 0.4) is 0 Å². The number of hydrogen-bond donors (Lipinski definition) is 0. The summed E-state index contributed by atoms with van der Waals surface area (Å²) in [6, 6.07) is 7.24. The minimum atomic E-state index is -0.0643. The molecule has 2 aromatic heterocycles. The largest absolute Gasteiger partial charge is 0.453 e. The molecule has 0 aliphatic carbocycles. The average Bonchev–Trinajstić information content (AvgIpc) is 3.74. The maximum absolute atomic E-state index is 13.0. The lowest BCUT2D eigenvalue weighted by Crippen LogP contribution is -2.29. The smallest absolute Gasteiger partial charge is 0.266 e. The number of furan rings is 2. The SMILES string of the molecule is CCCCCCCCN1C(=O)/C(=C/c2ccc(-c3ccc(/C=C4\SC(=S)N(CCCCCCCC)C4=O)o3)o2)SC1=S. The Hall–Kier alpha value is -2.14. The van der Waals surface area contributed by atoms with Crippen LogP contribution in [0.5, 0.6) is 0 Å². The normalized spacial score (nSPS) is 17.7. The van der Waals surface area contributed by atoms with E-state index in [1.165, 1.54) is 74.9 Å². The van der Waals surface area contributed by atoms with Gasteiger partial charge in [-0.25, -0.2) is 0 Å². The van der Waals surface area contributed by atoms with Crippen molar-refractivity contribution >= 4 is 80.6 Å². The third kappa shape index (κ3) is 8.94. The molecule has 42 heavy (non-hydrogen) atoms. The number of hydrogen-bond acceptors (Lipinski definition) is 8.